The number of rotatable bonds is 11. The molecule has 11 heteroatoms. The van der Waals surface area contributed by atoms with E-state index >= 15 is 0 Å². The molecule has 1 amide bonds. The van der Waals surface area contributed by atoms with Crippen molar-refractivity contribution < 1.29 is 33.6 Å². The van der Waals surface area contributed by atoms with Crippen LogP contribution in [0.2, 0.25) is 10.0 Å². The van der Waals surface area contributed by atoms with E-state index in [1.165, 1.54) is 6.92 Å². The van der Waals surface area contributed by atoms with Crippen LogP contribution in [0.25, 0.3) is 0 Å². The summed E-state index contributed by atoms with van der Waals surface area (Å²) in [7, 11) is -3.51. The molecule has 0 heterocycles. The van der Waals surface area contributed by atoms with Gasteiger partial charge < -0.3 is 19.5 Å². The fraction of sp³-hybridized carbons (Fsp3) is 0.714. The van der Waals surface area contributed by atoms with Gasteiger partial charge in [-0.3, -0.25) is 14.3 Å². The van der Waals surface area contributed by atoms with Gasteiger partial charge in [-0.25, -0.2) is 4.79 Å². The predicted molar refractivity (Wildman–Crippen MR) is 152 cm³/mol. The standard InChI is InChI=1S/C28H42Cl2NO7P/c1-19(23-13-14-24(29)25(30)17-23)31(26(32)15-16-39(35,36)18-21-9-5-3-6-10-21)28(34)38-20(2)37-27(33)22-11-7-4-8-12-22/h13-14,17,19-22,26,32H,3-12,15-16,18H2,1-2H3,(H,35,36)/t19-,20?,26?/m1/s1. The number of hydrogen-bond acceptors (Lipinski definition) is 6. The Kier molecular flexibility index (Phi) is 12.4. The average Bonchev–Trinajstić information content (AvgIpc) is 2.90. The summed E-state index contributed by atoms with van der Waals surface area (Å²) < 4.78 is 23.8. The van der Waals surface area contributed by atoms with E-state index in [2.05, 4.69) is 0 Å². The first-order valence-electron chi connectivity index (χ1n) is 14.1. The van der Waals surface area contributed by atoms with E-state index in [9.17, 15) is 24.2 Å². The Morgan fingerprint density at radius 3 is 2.23 bits per heavy atom. The minimum Gasteiger partial charge on any atom is -0.425 e. The van der Waals surface area contributed by atoms with Crippen molar-refractivity contribution in [3.8, 4) is 0 Å². The van der Waals surface area contributed by atoms with E-state index in [1.54, 1.807) is 25.1 Å². The molecule has 3 rings (SSSR count). The number of amides is 1. The number of aliphatic hydroxyl groups excluding tert-OH is 1. The van der Waals surface area contributed by atoms with Crippen molar-refractivity contribution in [2.24, 2.45) is 11.8 Å². The molecule has 39 heavy (non-hydrogen) atoms. The first kappa shape index (κ1) is 32.2. The molecule has 2 aliphatic rings. The molecule has 1 aromatic rings. The van der Waals surface area contributed by atoms with Crippen LogP contribution in [0, 0.1) is 11.8 Å². The van der Waals surface area contributed by atoms with E-state index < -0.39 is 38.0 Å². The fourth-order valence-corrected chi connectivity index (χ4v) is 7.91. The van der Waals surface area contributed by atoms with Crippen LogP contribution in [0.4, 0.5) is 4.79 Å². The fourth-order valence-electron chi connectivity index (χ4n) is 5.62. The van der Waals surface area contributed by atoms with Crippen molar-refractivity contribution in [3.63, 3.8) is 0 Å². The van der Waals surface area contributed by atoms with Crippen LogP contribution in [0.15, 0.2) is 18.2 Å². The molecule has 2 saturated carbocycles. The number of halogens is 2. The van der Waals surface area contributed by atoms with Crippen LogP contribution in [0.1, 0.15) is 96.1 Å². The molecule has 2 aliphatic carbocycles. The lowest BCUT2D eigenvalue weighted by Gasteiger charge is -2.34. The van der Waals surface area contributed by atoms with Crippen molar-refractivity contribution in [2.45, 2.75) is 103 Å². The lowest BCUT2D eigenvalue weighted by atomic mass is 9.89. The maximum Gasteiger partial charge on any atom is 0.415 e. The van der Waals surface area contributed by atoms with Gasteiger partial charge in [-0.2, -0.15) is 0 Å². The maximum atomic E-state index is 13.3. The lowest BCUT2D eigenvalue weighted by Crippen LogP contribution is -2.44. The highest BCUT2D eigenvalue weighted by molar-refractivity contribution is 7.58. The predicted octanol–water partition coefficient (Wildman–Crippen LogP) is 7.52. The molecule has 4 atom stereocenters. The Bertz CT molecular complexity index is 1010. The zero-order chi connectivity index (χ0) is 28.6. The summed E-state index contributed by atoms with van der Waals surface area (Å²) in [6.45, 7) is 3.14. The summed E-state index contributed by atoms with van der Waals surface area (Å²) in [5.74, 6) is -0.397. The van der Waals surface area contributed by atoms with Gasteiger partial charge in [-0.15, -0.1) is 0 Å². The monoisotopic (exact) mass is 605 g/mol. The Labute approximate surface area is 241 Å². The van der Waals surface area contributed by atoms with Gasteiger partial charge in [0, 0.05) is 25.7 Å². The molecule has 220 valence electrons. The Balaban J connectivity index is 1.69. The van der Waals surface area contributed by atoms with Gasteiger partial charge >= 0.3 is 12.1 Å². The maximum absolute atomic E-state index is 13.3. The molecule has 3 unspecified atom stereocenters. The van der Waals surface area contributed by atoms with Crippen LogP contribution < -0.4 is 0 Å². The van der Waals surface area contributed by atoms with Crippen molar-refractivity contribution >= 4 is 42.6 Å². The quantitative estimate of drug-likeness (QED) is 0.152. The van der Waals surface area contributed by atoms with Crippen LogP contribution in [-0.2, 0) is 18.8 Å². The molecule has 0 bridgehead atoms. The number of hydrogen-bond donors (Lipinski definition) is 2. The van der Waals surface area contributed by atoms with Gasteiger partial charge in [0.05, 0.1) is 22.0 Å². The number of esters is 1. The lowest BCUT2D eigenvalue weighted by molar-refractivity contribution is -0.173. The molecule has 1 aromatic carbocycles. The minimum absolute atomic E-state index is 0.114. The molecule has 0 aliphatic heterocycles. The molecule has 2 fully saturated rings. The highest BCUT2D eigenvalue weighted by Gasteiger charge is 2.34. The van der Waals surface area contributed by atoms with Crippen LogP contribution in [0.5, 0.6) is 0 Å². The third-order valence-corrected chi connectivity index (χ3v) is 10.7. The summed E-state index contributed by atoms with van der Waals surface area (Å²) in [5.41, 5.74) is 0.585. The second-order valence-corrected chi connectivity index (χ2v) is 14.3. The zero-order valence-electron chi connectivity index (χ0n) is 22.9. The number of carbonyl (C=O) groups excluding carboxylic acids is 2. The highest BCUT2D eigenvalue weighted by atomic mass is 35.5. The van der Waals surface area contributed by atoms with Crippen LogP contribution in [0.3, 0.4) is 0 Å². The number of carbonyl (C=O) groups is 2. The molecule has 2 N–H and O–H groups in total. The van der Waals surface area contributed by atoms with E-state index in [4.69, 9.17) is 32.7 Å². The van der Waals surface area contributed by atoms with E-state index in [0.29, 0.717) is 10.6 Å². The summed E-state index contributed by atoms with van der Waals surface area (Å²) >= 11 is 12.3. The summed E-state index contributed by atoms with van der Waals surface area (Å²) in [4.78, 5) is 37.6. The molecule has 0 radical (unpaired) electrons. The van der Waals surface area contributed by atoms with Gasteiger partial charge in [-0.05, 0) is 56.2 Å². The van der Waals surface area contributed by atoms with Gasteiger partial charge in [0.1, 0.15) is 6.23 Å². The smallest absolute Gasteiger partial charge is 0.415 e. The first-order valence-corrected chi connectivity index (χ1v) is 16.9. The molecule has 0 aromatic heterocycles. The SMILES string of the molecule is CC(OC(=O)C1CCCCC1)OC(=O)N(C(O)CCP(=O)(O)CC1CCCCC1)[C@H](C)c1ccc(Cl)c(Cl)c1. The average molecular weight is 607 g/mol. The second kappa shape index (κ2) is 15.1. The Hall–Kier alpha value is -1.31. The van der Waals surface area contributed by atoms with Crippen LogP contribution in [-0.4, -0.2) is 51.8 Å². The molecule has 0 saturated heterocycles. The zero-order valence-corrected chi connectivity index (χ0v) is 25.3. The number of nitrogens with zero attached hydrogens (tertiary/aromatic N) is 1. The van der Waals surface area contributed by atoms with Gasteiger partial charge in [0.25, 0.3) is 0 Å². The highest BCUT2D eigenvalue weighted by Crippen LogP contribution is 2.46. The van der Waals surface area contributed by atoms with E-state index in [1.807, 2.05) is 0 Å². The first-order chi connectivity index (χ1) is 18.5. The third-order valence-electron chi connectivity index (χ3n) is 7.87. The summed E-state index contributed by atoms with van der Waals surface area (Å²) in [6.07, 6.45) is 6.17. The third kappa shape index (κ3) is 9.93. The Morgan fingerprint density at radius 1 is 1.00 bits per heavy atom. The molecule has 0 spiro atoms. The van der Waals surface area contributed by atoms with Crippen molar-refractivity contribution in [3.05, 3.63) is 33.8 Å². The van der Waals surface area contributed by atoms with Crippen LogP contribution >= 0.6 is 30.6 Å². The summed E-state index contributed by atoms with van der Waals surface area (Å²) in [5, 5.41) is 11.8. The van der Waals surface area contributed by atoms with E-state index in [0.717, 1.165) is 69.1 Å². The van der Waals surface area contributed by atoms with Crippen molar-refractivity contribution in [2.75, 3.05) is 12.3 Å². The Morgan fingerprint density at radius 2 is 1.62 bits per heavy atom. The van der Waals surface area contributed by atoms with Gasteiger partial charge in [0.2, 0.25) is 13.7 Å². The molecular weight excluding hydrogens is 564 g/mol. The topological polar surface area (TPSA) is 113 Å². The van der Waals surface area contributed by atoms with E-state index in [-0.39, 0.29) is 35.6 Å². The number of ether oxygens (including phenoxy) is 2. The van der Waals surface area contributed by atoms with Gasteiger partial charge in [0.15, 0.2) is 0 Å². The minimum atomic E-state index is -3.51. The molecule has 8 nitrogen and oxygen atoms in total. The summed E-state index contributed by atoms with van der Waals surface area (Å²) in [6, 6.07) is 4.14. The number of aliphatic hydroxyl groups is 1. The normalized spacial score (nSPS) is 20.9. The second-order valence-electron chi connectivity index (χ2n) is 11.0. The van der Waals surface area contributed by atoms with Crippen molar-refractivity contribution in [1.82, 2.24) is 4.90 Å². The molecular formula is C28H42Cl2NO7P. The largest absolute Gasteiger partial charge is 0.425 e. The van der Waals surface area contributed by atoms with Gasteiger partial charge in [-0.1, -0.05) is 67.8 Å². The van der Waals surface area contributed by atoms with Crippen molar-refractivity contribution in [1.29, 1.82) is 0 Å². The number of benzene rings is 1.